The van der Waals surface area contributed by atoms with Gasteiger partial charge in [0.2, 0.25) is 0 Å². The maximum absolute atomic E-state index is 12.1. The number of nitrogens with one attached hydrogen (secondary N) is 1. The minimum atomic E-state index is -0.241. The highest BCUT2D eigenvalue weighted by atomic mass is 16.5. The number of hydrogen-bond donors (Lipinski definition) is 1. The number of carbonyl (C=O) groups is 1. The van der Waals surface area contributed by atoms with Gasteiger partial charge >= 0.3 is 0 Å². The zero-order chi connectivity index (χ0) is 17.6. The Morgan fingerprint density at radius 3 is 2.48 bits per heavy atom. The Morgan fingerprint density at radius 1 is 1.12 bits per heavy atom. The third-order valence-corrected chi connectivity index (χ3v) is 4.35. The summed E-state index contributed by atoms with van der Waals surface area (Å²) in [5, 5.41) is 2.85. The number of aryl methyl sites for hydroxylation is 1. The molecule has 1 aliphatic rings. The zero-order valence-electron chi connectivity index (χ0n) is 14.4. The number of carbonyl (C=O) groups excluding carboxylic acids is 1. The molecule has 1 N–H and O–H groups in total. The molecule has 0 atom stereocenters. The van der Waals surface area contributed by atoms with Crippen molar-refractivity contribution in [3.05, 3.63) is 69.6 Å². The van der Waals surface area contributed by atoms with E-state index in [0.717, 1.165) is 38.4 Å². The lowest BCUT2D eigenvalue weighted by molar-refractivity contribution is 0.0342. The summed E-state index contributed by atoms with van der Waals surface area (Å²) >= 11 is 0. The Morgan fingerprint density at radius 2 is 1.80 bits per heavy atom. The lowest BCUT2D eigenvalue weighted by Crippen LogP contribution is -2.35. The third kappa shape index (κ3) is 4.78. The van der Waals surface area contributed by atoms with Crippen LogP contribution in [0.1, 0.15) is 21.5 Å². The maximum Gasteiger partial charge on any atom is 0.251 e. The number of ether oxygens (including phenoxy) is 1. The van der Waals surface area contributed by atoms with Crippen LogP contribution in [0.4, 0.5) is 0 Å². The summed E-state index contributed by atoms with van der Waals surface area (Å²) in [5.41, 5.74) is 2.47. The van der Waals surface area contributed by atoms with Crippen LogP contribution < -0.4 is 10.9 Å². The quantitative estimate of drug-likeness (QED) is 0.886. The van der Waals surface area contributed by atoms with E-state index < -0.39 is 0 Å². The lowest BCUT2D eigenvalue weighted by atomic mass is 10.1. The second-order valence-corrected chi connectivity index (χ2v) is 6.25. The predicted octanol–water partition coefficient (Wildman–Crippen LogP) is 1.15. The monoisotopic (exact) mass is 341 g/mol. The van der Waals surface area contributed by atoms with Crippen molar-refractivity contribution in [1.29, 1.82) is 0 Å². The van der Waals surface area contributed by atoms with Crippen LogP contribution in [0, 0.1) is 0 Å². The molecule has 6 heteroatoms. The van der Waals surface area contributed by atoms with Crippen molar-refractivity contribution in [2.45, 2.75) is 13.1 Å². The number of nitrogens with zero attached hydrogens (tertiary/aromatic N) is 2. The number of amides is 1. The molecule has 0 saturated carbocycles. The van der Waals surface area contributed by atoms with E-state index >= 15 is 0 Å². The van der Waals surface area contributed by atoms with Gasteiger partial charge in [-0.3, -0.25) is 14.5 Å². The Labute approximate surface area is 147 Å². The van der Waals surface area contributed by atoms with Gasteiger partial charge in [0, 0.05) is 51.1 Å². The van der Waals surface area contributed by atoms with Crippen LogP contribution in [0.15, 0.2) is 47.4 Å². The van der Waals surface area contributed by atoms with Crippen LogP contribution in [0.5, 0.6) is 0 Å². The van der Waals surface area contributed by atoms with Crippen molar-refractivity contribution in [3.8, 4) is 0 Å². The molecule has 6 nitrogen and oxygen atoms in total. The minimum Gasteiger partial charge on any atom is -0.379 e. The van der Waals surface area contributed by atoms with Crippen molar-refractivity contribution in [3.63, 3.8) is 0 Å². The molecule has 1 fully saturated rings. The SMILES string of the molecule is Cn1ccc(C(=O)NCc2ccc(CN3CCOCC3)cc2)cc1=O. The van der Waals surface area contributed by atoms with E-state index in [1.807, 2.05) is 12.1 Å². The average molecular weight is 341 g/mol. The predicted molar refractivity (Wildman–Crippen MR) is 95.4 cm³/mol. The van der Waals surface area contributed by atoms with Gasteiger partial charge in [-0.05, 0) is 17.2 Å². The summed E-state index contributed by atoms with van der Waals surface area (Å²) in [6.45, 7) is 4.89. The first-order chi connectivity index (χ1) is 12.1. The van der Waals surface area contributed by atoms with Crippen LogP contribution in [0.25, 0.3) is 0 Å². The molecule has 0 spiro atoms. The Balaban J connectivity index is 1.53. The fourth-order valence-electron chi connectivity index (χ4n) is 2.75. The molecule has 3 rings (SSSR count). The second-order valence-electron chi connectivity index (χ2n) is 6.25. The molecule has 1 saturated heterocycles. The number of pyridine rings is 1. The first-order valence-corrected chi connectivity index (χ1v) is 8.44. The summed E-state index contributed by atoms with van der Waals surface area (Å²) in [6.07, 6.45) is 1.59. The van der Waals surface area contributed by atoms with Gasteiger partial charge in [0.15, 0.2) is 0 Å². The summed E-state index contributed by atoms with van der Waals surface area (Å²) in [4.78, 5) is 26.1. The minimum absolute atomic E-state index is 0.194. The first kappa shape index (κ1) is 17.4. The smallest absolute Gasteiger partial charge is 0.251 e. The van der Waals surface area contributed by atoms with Crippen LogP contribution >= 0.6 is 0 Å². The van der Waals surface area contributed by atoms with Gasteiger partial charge in [0.05, 0.1) is 13.2 Å². The topological polar surface area (TPSA) is 63.6 Å². The van der Waals surface area contributed by atoms with Crippen LogP contribution in [-0.4, -0.2) is 41.7 Å². The van der Waals surface area contributed by atoms with Crippen molar-refractivity contribution < 1.29 is 9.53 Å². The van der Waals surface area contributed by atoms with Crippen molar-refractivity contribution >= 4 is 5.91 Å². The number of benzene rings is 1. The number of morpholine rings is 1. The zero-order valence-corrected chi connectivity index (χ0v) is 14.4. The Hall–Kier alpha value is -2.44. The number of aromatic nitrogens is 1. The lowest BCUT2D eigenvalue weighted by Gasteiger charge is -2.26. The van der Waals surface area contributed by atoms with E-state index in [0.29, 0.717) is 12.1 Å². The number of rotatable bonds is 5. The van der Waals surface area contributed by atoms with E-state index in [1.54, 1.807) is 19.3 Å². The summed E-state index contributed by atoms with van der Waals surface area (Å²) in [7, 11) is 1.66. The Kier molecular flexibility index (Phi) is 5.63. The van der Waals surface area contributed by atoms with Crippen molar-refractivity contribution in [2.24, 2.45) is 7.05 Å². The van der Waals surface area contributed by atoms with Gasteiger partial charge in [-0.25, -0.2) is 0 Å². The van der Waals surface area contributed by atoms with Crippen LogP contribution in [-0.2, 0) is 24.9 Å². The fourth-order valence-corrected chi connectivity index (χ4v) is 2.75. The van der Waals surface area contributed by atoms with Crippen LogP contribution in [0.2, 0.25) is 0 Å². The molecule has 1 amide bonds. The van der Waals surface area contributed by atoms with E-state index in [9.17, 15) is 9.59 Å². The molecule has 0 bridgehead atoms. The molecule has 132 valence electrons. The molecule has 0 aliphatic carbocycles. The molecule has 1 aromatic heterocycles. The van der Waals surface area contributed by atoms with E-state index in [2.05, 4.69) is 22.3 Å². The summed E-state index contributed by atoms with van der Waals surface area (Å²) in [5.74, 6) is -0.241. The Bertz CT molecular complexity index is 777. The summed E-state index contributed by atoms with van der Waals surface area (Å²) < 4.78 is 6.79. The van der Waals surface area contributed by atoms with E-state index in [-0.39, 0.29) is 11.5 Å². The molecule has 2 heterocycles. The molecule has 1 aliphatic heterocycles. The molecule has 1 aromatic carbocycles. The fraction of sp³-hybridized carbons (Fsp3) is 0.368. The standard InChI is InChI=1S/C19H23N3O3/c1-21-7-6-17(12-18(21)23)19(24)20-13-15-2-4-16(5-3-15)14-22-8-10-25-11-9-22/h2-7,12H,8-11,13-14H2,1H3,(H,20,24). The molecule has 25 heavy (non-hydrogen) atoms. The molecular formula is C19H23N3O3. The van der Waals surface area contributed by atoms with Gasteiger partial charge in [0.25, 0.3) is 11.5 Å². The van der Waals surface area contributed by atoms with Crippen LogP contribution in [0.3, 0.4) is 0 Å². The van der Waals surface area contributed by atoms with Crippen molar-refractivity contribution in [1.82, 2.24) is 14.8 Å². The average Bonchev–Trinajstić information content (AvgIpc) is 2.64. The summed E-state index contributed by atoms with van der Waals surface area (Å²) in [6, 6.07) is 11.2. The maximum atomic E-state index is 12.1. The number of hydrogen-bond acceptors (Lipinski definition) is 4. The van der Waals surface area contributed by atoms with Gasteiger partial charge in [-0.2, -0.15) is 0 Å². The first-order valence-electron chi connectivity index (χ1n) is 8.44. The van der Waals surface area contributed by atoms with Gasteiger partial charge in [0.1, 0.15) is 0 Å². The van der Waals surface area contributed by atoms with Gasteiger partial charge in [-0.15, -0.1) is 0 Å². The highest BCUT2D eigenvalue weighted by molar-refractivity contribution is 5.93. The largest absolute Gasteiger partial charge is 0.379 e. The molecule has 0 unspecified atom stereocenters. The van der Waals surface area contributed by atoms with Gasteiger partial charge < -0.3 is 14.6 Å². The molecular weight excluding hydrogens is 318 g/mol. The van der Waals surface area contributed by atoms with E-state index in [4.69, 9.17) is 4.74 Å². The van der Waals surface area contributed by atoms with E-state index in [1.165, 1.54) is 16.2 Å². The highest BCUT2D eigenvalue weighted by Crippen LogP contribution is 2.09. The molecule has 0 radical (unpaired) electrons. The highest BCUT2D eigenvalue weighted by Gasteiger charge is 2.11. The third-order valence-electron chi connectivity index (χ3n) is 4.35. The second kappa shape index (κ2) is 8.09. The van der Waals surface area contributed by atoms with Crippen molar-refractivity contribution in [2.75, 3.05) is 26.3 Å². The normalized spacial score (nSPS) is 15.1. The molecule has 2 aromatic rings. The van der Waals surface area contributed by atoms with Gasteiger partial charge in [-0.1, -0.05) is 24.3 Å².